The Morgan fingerprint density at radius 3 is 2.63 bits per heavy atom. The van der Waals surface area contributed by atoms with Crippen molar-refractivity contribution in [3.63, 3.8) is 0 Å². The van der Waals surface area contributed by atoms with Gasteiger partial charge in [0.25, 0.3) is 0 Å². The van der Waals surface area contributed by atoms with Crippen molar-refractivity contribution >= 4 is 34.1 Å². The van der Waals surface area contributed by atoms with E-state index < -0.39 is 0 Å². The van der Waals surface area contributed by atoms with Crippen LogP contribution in [0.3, 0.4) is 0 Å². The van der Waals surface area contributed by atoms with Gasteiger partial charge in [-0.1, -0.05) is 23.7 Å². The lowest BCUT2D eigenvalue weighted by atomic mass is 10.2. The fourth-order valence-corrected chi connectivity index (χ4v) is 2.32. The van der Waals surface area contributed by atoms with Gasteiger partial charge in [-0.05, 0) is 26.0 Å². The topological polar surface area (TPSA) is 54.0 Å². The van der Waals surface area contributed by atoms with E-state index in [-0.39, 0.29) is 12.1 Å². The molecule has 0 saturated heterocycles. The number of nitrogens with zero attached hydrogens (tertiary/aromatic N) is 1. The van der Waals surface area contributed by atoms with Gasteiger partial charge in [0.15, 0.2) is 5.13 Å². The standard InChI is InChI=1S/C13H14ClN3OS/c1-8(2)15-12(18)17-13-16-11(7-19-13)9-3-5-10(14)6-4-9/h3-8H,1-2H3,(H2,15,16,17,18). The average Bonchev–Trinajstić information content (AvgIpc) is 2.77. The molecule has 0 atom stereocenters. The second kappa shape index (κ2) is 6.04. The molecule has 0 saturated carbocycles. The fraction of sp³-hybridized carbons (Fsp3) is 0.231. The third-order valence-corrected chi connectivity index (χ3v) is 3.29. The number of urea groups is 1. The Bertz CT molecular complexity index is 566. The maximum atomic E-state index is 11.5. The molecule has 0 unspecified atom stereocenters. The van der Waals surface area contributed by atoms with Crippen molar-refractivity contribution in [1.82, 2.24) is 10.3 Å². The van der Waals surface area contributed by atoms with Gasteiger partial charge in [0.1, 0.15) is 0 Å². The number of amides is 2. The van der Waals surface area contributed by atoms with E-state index in [0.29, 0.717) is 10.2 Å². The number of hydrogen-bond donors (Lipinski definition) is 2. The minimum atomic E-state index is -0.244. The molecule has 0 aliphatic rings. The quantitative estimate of drug-likeness (QED) is 0.899. The van der Waals surface area contributed by atoms with E-state index in [9.17, 15) is 4.79 Å². The van der Waals surface area contributed by atoms with Crippen molar-refractivity contribution in [3.05, 3.63) is 34.7 Å². The van der Waals surface area contributed by atoms with Crippen molar-refractivity contribution in [1.29, 1.82) is 0 Å². The highest BCUT2D eigenvalue weighted by Crippen LogP contribution is 2.25. The van der Waals surface area contributed by atoms with Crippen molar-refractivity contribution < 1.29 is 4.79 Å². The third kappa shape index (κ3) is 3.94. The lowest BCUT2D eigenvalue weighted by Crippen LogP contribution is -2.34. The summed E-state index contributed by atoms with van der Waals surface area (Å²) in [4.78, 5) is 15.9. The van der Waals surface area contributed by atoms with Crippen LogP contribution in [0.4, 0.5) is 9.93 Å². The van der Waals surface area contributed by atoms with Crippen LogP contribution in [0.15, 0.2) is 29.6 Å². The number of carbonyl (C=O) groups is 1. The van der Waals surface area contributed by atoms with Gasteiger partial charge in [0.2, 0.25) is 0 Å². The summed E-state index contributed by atoms with van der Waals surface area (Å²) in [6.07, 6.45) is 0. The highest BCUT2D eigenvalue weighted by Gasteiger charge is 2.08. The predicted molar refractivity (Wildman–Crippen MR) is 79.9 cm³/mol. The Kier molecular flexibility index (Phi) is 4.39. The van der Waals surface area contributed by atoms with Crippen molar-refractivity contribution in [2.75, 3.05) is 5.32 Å². The van der Waals surface area contributed by atoms with Gasteiger partial charge in [-0.25, -0.2) is 9.78 Å². The summed E-state index contributed by atoms with van der Waals surface area (Å²) in [5.74, 6) is 0. The molecule has 0 fully saturated rings. The summed E-state index contributed by atoms with van der Waals surface area (Å²) in [7, 11) is 0. The summed E-state index contributed by atoms with van der Waals surface area (Å²) in [6, 6.07) is 7.27. The molecule has 1 aromatic heterocycles. The smallest absolute Gasteiger partial charge is 0.321 e. The van der Waals surface area contributed by atoms with Gasteiger partial charge in [-0.15, -0.1) is 11.3 Å². The zero-order valence-corrected chi connectivity index (χ0v) is 12.2. The summed E-state index contributed by atoms with van der Waals surface area (Å²) in [6.45, 7) is 3.81. The molecule has 0 spiro atoms. The molecule has 2 aromatic rings. The van der Waals surface area contributed by atoms with E-state index in [2.05, 4.69) is 15.6 Å². The number of benzene rings is 1. The minimum Gasteiger partial charge on any atom is -0.336 e. The van der Waals surface area contributed by atoms with E-state index in [1.165, 1.54) is 11.3 Å². The number of thiazole rings is 1. The molecule has 4 nitrogen and oxygen atoms in total. The molecule has 0 radical (unpaired) electrons. The molecule has 1 aromatic carbocycles. The summed E-state index contributed by atoms with van der Waals surface area (Å²) in [5.41, 5.74) is 1.79. The molecule has 2 amide bonds. The number of halogens is 1. The zero-order valence-electron chi connectivity index (χ0n) is 10.6. The monoisotopic (exact) mass is 295 g/mol. The van der Waals surface area contributed by atoms with Crippen molar-refractivity contribution in [2.24, 2.45) is 0 Å². The minimum absolute atomic E-state index is 0.0932. The van der Waals surface area contributed by atoms with E-state index in [4.69, 9.17) is 11.6 Å². The first kappa shape index (κ1) is 13.8. The van der Waals surface area contributed by atoms with E-state index in [1.807, 2.05) is 43.5 Å². The summed E-state index contributed by atoms with van der Waals surface area (Å²) < 4.78 is 0. The normalized spacial score (nSPS) is 10.5. The van der Waals surface area contributed by atoms with Crippen LogP contribution in [-0.4, -0.2) is 17.1 Å². The van der Waals surface area contributed by atoms with Gasteiger partial charge >= 0.3 is 6.03 Å². The number of aromatic nitrogens is 1. The molecule has 0 bridgehead atoms. The van der Waals surface area contributed by atoms with E-state index in [0.717, 1.165) is 11.3 Å². The lowest BCUT2D eigenvalue weighted by molar-refractivity contribution is 0.250. The first-order valence-electron chi connectivity index (χ1n) is 5.83. The van der Waals surface area contributed by atoms with Crippen LogP contribution in [0, 0.1) is 0 Å². The Balaban J connectivity index is 2.07. The molecular weight excluding hydrogens is 282 g/mol. The van der Waals surface area contributed by atoms with Crippen LogP contribution in [0.1, 0.15) is 13.8 Å². The van der Waals surface area contributed by atoms with Crippen LogP contribution >= 0.6 is 22.9 Å². The second-order valence-corrected chi connectivity index (χ2v) is 5.59. The number of hydrogen-bond acceptors (Lipinski definition) is 3. The van der Waals surface area contributed by atoms with Crippen LogP contribution in [0.25, 0.3) is 11.3 Å². The average molecular weight is 296 g/mol. The van der Waals surface area contributed by atoms with Crippen LogP contribution in [-0.2, 0) is 0 Å². The maximum Gasteiger partial charge on any atom is 0.321 e. The Labute approximate surface area is 120 Å². The first-order chi connectivity index (χ1) is 9.04. The number of nitrogens with one attached hydrogen (secondary N) is 2. The Hall–Kier alpha value is -1.59. The molecule has 0 aliphatic heterocycles. The van der Waals surface area contributed by atoms with Gasteiger partial charge in [-0.2, -0.15) is 0 Å². The molecule has 2 N–H and O–H groups in total. The molecule has 100 valence electrons. The molecule has 19 heavy (non-hydrogen) atoms. The molecular formula is C13H14ClN3OS. The third-order valence-electron chi connectivity index (χ3n) is 2.28. The maximum absolute atomic E-state index is 11.5. The molecule has 2 rings (SSSR count). The lowest BCUT2D eigenvalue weighted by Gasteiger charge is -2.07. The Morgan fingerprint density at radius 1 is 1.32 bits per heavy atom. The van der Waals surface area contributed by atoms with E-state index in [1.54, 1.807) is 0 Å². The van der Waals surface area contributed by atoms with Crippen LogP contribution in [0.5, 0.6) is 0 Å². The van der Waals surface area contributed by atoms with Gasteiger partial charge in [0, 0.05) is 22.0 Å². The highest BCUT2D eigenvalue weighted by atomic mass is 35.5. The Morgan fingerprint density at radius 2 is 2.00 bits per heavy atom. The van der Waals surface area contributed by atoms with Gasteiger partial charge in [-0.3, -0.25) is 5.32 Å². The first-order valence-corrected chi connectivity index (χ1v) is 7.09. The van der Waals surface area contributed by atoms with Crippen LogP contribution < -0.4 is 10.6 Å². The second-order valence-electron chi connectivity index (χ2n) is 4.30. The van der Waals surface area contributed by atoms with Crippen LogP contribution in [0.2, 0.25) is 5.02 Å². The molecule has 6 heteroatoms. The summed E-state index contributed by atoms with van der Waals surface area (Å²) >= 11 is 7.23. The SMILES string of the molecule is CC(C)NC(=O)Nc1nc(-c2ccc(Cl)cc2)cs1. The summed E-state index contributed by atoms with van der Waals surface area (Å²) in [5, 5.41) is 8.61. The number of carbonyl (C=O) groups excluding carboxylic acids is 1. The molecule has 0 aliphatic carbocycles. The van der Waals surface area contributed by atoms with Crippen molar-refractivity contribution in [3.8, 4) is 11.3 Å². The number of anilines is 1. The largest absolute Gasteiger partial charge is 0.336 e. The zero-order chi connectivity index (χ0) is 13.8. The fourth-order valence-electron chi connectivity index (χ4n) is 1.48. The highest BCUT2D eigenvalue weighted by molar-refractivity contribution is 7.14. The van der Waals surface area contributed by atoms with Gasteiger partial charge in [0.05, 0.1) is 5.69 Å². The van der Waals surface area contributed by atoms with Gasteiger partial charge < -0.3 is 5.32 Å². The van der Waals surface area contributed by atoms with E-state index >= 15 is 0 Å². The predicted octanol–water partition coefficient (Wildman–Crippen LogP) is 3.99. The number of rotatable bonds is 3. The molecule has 1 heterocycles. The van der Waals surface area contributed by atoms with Crippen molar-refractivity contribution in [2.45, 2.75) is 19.9 Å².